The van der Waals surface area contributed by atoms with Crippen molar-refractivity contribution in [3.63, 3.8) is 0 Å². The molecular formula is C20H24N2O. The molecule has 5 rings (SSSR count). The summed E-state index contributed by atoms with van der Waals surface area (Å²) >= 11 is 0. The van der Waals surface area contributed by atoms with Gasteiger partial charge in [-0.25, -0.2) is 0 Å². The Labute approximate surface area is 137 Å². The van der Waals surface area contributed by atoms with Crippen molar-refractivity contribution in [3.8, 4) is 0 Å². The number of carbonyl (C=O) groups excluding carboxylic acids is 1. The lowest BCUT2D eigenvalue weighted by atomic mass is 9.77. The van der Waals surface area contributed by atoms with E-state index in [0.29, 0.717) is 23.5 Å². The van der Waals surface area contributed by atoms with E-state index in [4.69, 9.17) is 0 Å². The fourth-order valence-electron chi connectivity index (χ4n) is 4.91. The van der Waals surface area contributed by atoms with E-state index in [1.54, 1.807) is 0 Å². The van der Waals surface area contributed by atoms with Crippen LogP contribution in [0.1, 0.15) is 62.1 Å². The van der Waals surface area contributed by atoms with Gasteiger partial charge in [-0.3, -0.25) is 4.79 Å². The largest absolute Gasteiger partial charge is 0.372 e. The molecule has 2 aliphatic carbocycles. The molecule has 1 atom stereocenters. The maximum atomic E-state index is 12.9. The number of fused-ring (bicyclic) bond motifs is 3. The van der Waals surface area contributed by atoms with Gasteiger partial charge in [0.25, 0.3) is 0 Å². The average Bonchev–Trinajstić information content (AvgIpc) is 3.06. The van der Waals surface area contributed by atoms with Gasteiger partial charge in [-0.05, 0) is 49.5 Å². The topological polar surface area (TPSA) is 32.3 Å². The Morgan fingerprint density at radius 2 is 1.96 bits per heavy atom. The van der Waals surface area contributed by atoms with Crippen LogP contribution >= 0.6 is 0 Å². The summed E-state index contributed by atoms with van der Waals surface area (Å²) in [5.74, 6) is 0.811. The molecule has 2 saturated carbocycles. The van der Waals surface area contributed by atoms with Crippen molar-refractivity contribution in [1.82, 2.24) is 10.2 Å². The van der Waals surface area contributed by atoms with Gasteiger partial charge in [0.05, 0.1) is 18.4 Å². The fraction of sp³-hybridized carbons (Fsp3) is 0.550. The van der Waals surface area contributed by atoms with E-state index >= 15 is 0 Å². The molecule has 0 radical (unpaired) electrons. The normalized spacial score (nSPS) is 27.4. The lowest BCUT2D eigenvalue weighted by Crippen LogP contribution is -2.29. The Kier molecular flexibility index (Phi) is 2.88. The molecule has 1 spiro atoms. The highest BCUT2D eigenvalue weighted by Gasteiger charge is 2.46. The van der Waals surface area contributed by atoms with Crippen LogP contribution in [0.2, 0.25) is 0 Å². The van der Waals surface area contributed by atoms with Crippen molar-refractivity contribution >= 4 is 11.5 Å². The Hall–Kier alpha value is -1.77. The van der Waals surface area contributed by atoms with E-state index in [1.165, 1.54) is 42.5 Å². The zero-order chi connectivity index (χ0) is 15.4. The molecule has 1 aromatic rings. The first-order chi connectivity index (χ1) is 11.3. The van der Waals surface area contributed by atoms with E-state index in [2.05, 4.69) is 40.7 Å². The van der Waals surface area contributed by atoms with Gasteiger partial charge in [0.1, 0.15) is 5.78 Å². The second-order valence-corrected chi connectivity index (χ2v) is 7.91. The van der Waals surface area contributed by atoms with Crippen molar-refractivity contribution in [3.05, 3.63) is 41.6 Å². The average molecular weight is 308 g/mol. The molecule has 1 unspecified atom stereocenters. The minimum atomic E-state index is 0.233. The highest BCUT2D eigenvalue weighted by atomic mass is 16.1. The molecule has 1 aromatic carbocycles. The van der Waals surface area contributed by atoms with Crippen LogP contribution in [0.25, 0.3) is 5.70 Å². The van der Waals surface area contributed by atoms with Gasteiger partial charge in [-0.2, -0.15) is 0 Å². The predicted molar refractivity (Wildman–Crippen MR) is 90.3 cm³/mol. The van der Waals surface area contributed by atoms with Crippen LogP contribution < -0.4 is 5.32 Å². The summed E-state index contributed by atoms with van der Waals surface area (Å²) in [5.41, 5.74) is 4.57. The smallest absolute Gasteiger partial charge is 0.138 e. The molecule has 2 heterocycles. The lowest BCUT2D eigenvalue weighted by Gasteiger charge is -2.30. The van der Waals surface area contributed by atoms with Gasteiger partial charge >= 0.3 is 0 Å². The first kappa shape index (κ1) is 13.6. The number of nitrogens with one attached hydrogen (secondary N) is 1. The minimum Gasteiger partial charge on any atom is -0.372 e. The second kappa shape index (κ2) is 4.86. The number of nitrogens with zero attached hydrogens (tertiary/aromatic N) is 1. The van der Waals surface area contributed by atoms with Crippen molar-refractivity contribution < 1.29 is 4.79 Å². The van der Waals surface area contributed by atoms with Crippen molar-refractivity contribution in [2.75, 3.05) is 6.67 Å². The number of hydrogen-bond donors (Lipinski definition) is 1. The summed E-state index contributed by atoms with van der Waals surface area (Å²) in [6, 6.07) is 8.81. The van der Waals surface area contributed by atoms with Gasteiger partial charge in [0, 0.05) is 24.1 Å². The molecule has 23 heavy (non-hydrogen) atoms. The Morgan fingerprint density at radius 1 is 1.17 bits per heavy atom. The summed E-state index contributed by atoms with van der Waals surface area (Å²) in [5, 5.41) is 3.32. The van der Waals surface area contributed by atoms with E-state index in [1.807, 2.05) is 0 Å². The molecule has 2 fully saturated rings. The molecule has 1 N–H and O–H groups in total. The summed E-state index contributed by atoms with van der Waals surface area (Å²) in [4.78, 5) is 15.3. The van der Waals surface area contributed by atoms with Crippen LogP contribution in [0.5, 0.6) is 0 Å². The highest BCUT2D eigenvalue weighted by molar-refractivity contribution is 5.84. The summed E-state index contributed by atoms with van der Waals surface area (Å²) < 4.78 is 0. The van der Waals surface area contributed by atoms with E-state index in [-0.39, 0.29) is 6.04 Å². The van der Waals surface area contributed by atoms with E-state index in [0.717, 1.165) is 19.5 Å². The van der Waals surface area contributed by atoms with Gasteiger partial charge in [-0.1, -0.05) is 24.3 Å². The number of rotatable bonds is 3. The molecule has 0 aromatic heterocycles. The molecule has 2 aliphatic heterocycles. The van der Waals surface area contributed by atoms with Crippen LogP contribution in [0.15, 0.2) is 30.5 Å². The maximum Gasteiger partial charge on any atom is 0.138 e. The number of ketones is 1. The molecule has 3 nitrogen and oxygen atoms in total. The summed E-state index contributed by atoms with van der Waals surface area (Å²) in [6.45, 7) is 0.829. The Balaban J connectivity index is 1.34. The third-order valence-corrected chi connectivity index (χ3v) is 6.64. The first-order valence-electron chi connectivity index (χ1n) is 9.08. The zero-order valence-electron chi connectivity index (χ0n) is 13.6. The van der Waals surface area contributed by atoms with E-state index in [9.17, 15) is 4.79 Å². The Bertz CT molecular complexity index is 679. The van der Waals surface area contributed by atoms with Crippen molar-refractivity contribution in [2.45, 2.75) is 51.0 Å². The molecule has 120 valence electrons. The SMILES string of the molecule is O=C(CC1c2ccccc2C2=CNCN21)C1CCC2(CC1)CC2. The van der Waals surface area contributed by atoms with Gasteiger partial charge < -0.3 is 10.2 Å². The number of carbonyl (C=O) groups is 1. The summed E-state index contributed by atoms with van der Waals surface area (Å²) in [6.07, 6.45) is 10.5. The Morgan fingerprint density at radius 3 is 2.74 bits per heavy atom. The van der Waals surface area contributed by atoms with Crippen LogP contribution in [-0.4, -0.2) is 17.4 Å². The minimum absolute atomic E-state index is 0.233. The van der Waals surface area contributed by atoms with Crippen LogP contribution in [0, 0.1) is 11.3 Å². The third kappa shape index (κ3) is 2.13. The lowest BCUT2D eigenvalue weighted by molar-refractivity contribution is -0.125. The molecule has 0 saturated heterocycles. The van der Waals surface area contributed by atoms with Crippen LogP contribution in [-0.2, 0) is 4.79 Å². The van der Waals surface area contributed by atoms with Crippen LogP contribution in [0.3, 0.4) is 0 Å². The predicted octanol–water partition coefficient (Wildman–Crippen LogP) is 3.83. The zero-order valence-corrected chi connectivity index (χ0v) is 13.6. The molecule has 4 aliphatic rings. The molecular weight excluding hydrogens is 284 g/mol. The second-order valence-electron chi connectivity index (χ2n) is 7.91. The number of benzene rings is 1. The maximum absolute atomic E-state index is 12.9. The number of Topliss-reactive ketones (excluding diaryl/α,β-unsaturated/α-hetero) is 1. The van der Waals surface area contributed by atoms with E-state index < -0.39 is 0 Å². The van der Waals surface area contributed by atoms with Crippen molar-refractivity contribution in [1.29, 1.82) is 0 Å². The third-order valence-electron chi connectivity index (χ3n) is 6.64. The van der Waals surface area contributed by atoms with Crippen molar-refractivity contribution in [2.24, 2.45) is 11.3 Å². The van der Waals surface area contributed by atoms with Gasteiger partial charge in [0.2, 0.25) is 0 Å². The van der Waals surface area contributed by atoms with Gasteiger partial charge in [0.15, 0.2) is 0 Å². The fourth-order valence-corrected chi connectivity index (χ4v) is 4.91. The molecule has 3 heteroatoms. The monoisotopic (exact) mass is 308 g/mol. The molecule has 0 bridgehead atoms. The van der Waals surface area contributed by atoms with Gasteiger partial charge in [-0.15, -0.1) is 0 Å². The highest BCUT2D eigenvalue weighted by Crippen LogP contribution is 2.57. The standard InChI is InChI=1S/C20H24N2O/c23-19(14-5-7-20(8-6-14)9-10-20)11-17-15-3-1-2-4-16(15)18-12-21-13-22(17)18/h1-4,12,14,17,21H,5-11,13H2. The van der Waals surface area contributed by atoms with Crippen LogP contribution in [0.4, 0.5) is 0 Å². The summed E-state index contributed by atoms with van der Waals surface area (Å²) in [7, 11) is 0. The molecule has 0 amide bonds. The number of hydrogen-bond acceptors (Lipinski definition) is 3. The quantitative estimate of drug-likeness (QED) is 0.921. The first-order valence-corrected chi connectivity index (χ1v) is 9.08.